The molecule has 4 nitrogen and oxygen atoms in total. The summed E-state index contributed by atoms with van der Waals surface area (Å²) in [6.07, 6.45) is 6.89. The third-order valence-electron chi connectivity index (χ3n) is 3.30. The van der Waals surface area contributed by atoms with Gasteiger partial charge in [-0.05, 0) is 38.2 Å². The summed E-state index contributed by atoms with van der Waals surface area (Å²) < 4.78 is 5.45. The first-order valence-corrected chi connectivity index (χ1v) is 6.51. The third-order valence-corrected chi connectivity index (χ3v) is 3.30. The van der Waals surface area contributed by atoms with Crippen LogP contribution >= 0.6 is 0 Å². The molecule has 0 radical (unpaired) electrons. The van der Waals surface area contributed by atoms with Crippen LogP contribution in [0.5, 0.6) is 5.75 Å². The maximum Gasteiger partial charge on any atom is 0.196 e. The van der Waals surface area contributed by atoms with E-state index in [1.165, 1.54) is 6.20 Å². The minimum Gasteiger partial charge on any atom is -0.492 e. The average molecular weight is 249 g/mol. The molecule has 0 atom stereocenters. The first kappa shape index (κ1) is 13.0. The van der Waals surface area contributed by atoms with Gasteiger partial charge in [0.1, 0.15) is 11.4 Å². The van der Waals surface area contributed by atoms with Crippen molar-refractivity contribution < 1.29 is 14.6 Å². The van der Waals surface area contributed by atoms with E-state index in [1.54, 1.807) is 12.3 Å². The largest absolute Gasteiger partial charge is 0.492 e. The van der Waals surface area contributed by atoms with Gasteiger partial charge in [0, 0.05) is 11.8 Å². The van der Waals surface area contributed by atoms with Crippen LogP contribution in [0.3, 0.4) is 0 Å². The number of hydrogen-bond donors (Lipinski definition) is 1. The lowest BCUT2D eigenvalue weighted by molar-refractivity contribution is 0.0352. The lowest BCUT2D eigenvalue weighted by Crippen LogP contribution is -2.35. The highest BCUT2D eigenvalue weighted by molar-refractivity contribution is 6.02. The zero-order valence-electron chi connectivity index (χ0n) is 10.7. The minimum atomic E-state index is -1.19. The topological polar surface area (TPSA) is 59.4 Å². The van der Waals surface area contributed by atoms with Crippen molar-refractivity contribution in [2.24, 2.45) is 0 Å². The third kappa shape index (κ3) is 2.70. The Morgan fingerprint density at radius 2 is 2.17 bits per heavy atom. The van der Waals surface area contributed by atoms with Crippen LogP contribution in [0.2, 0.25) is 0 Å². The van der Waals surface area contributed by atoms with Gasteiger partial charge in [-0.15, -0.1) is 0 Å². The van der Waals surface area contributed by atoms with Gasteiger partial charge in [-0.2, -0.15) is 0 Å². The summed E-state index contributed by atoms with van der Waals surface area (Å²) in [6.45, 7) is 2.62. The standard InChI is InChI=1S/C14H19NO3/c1-2-7-18-12-8-11(9-15-10-12)13(16)14(17)5-3-4-6-14/h8-10,17H,2-7H2,1H3. The van der Waals surface area contributed by atoms with Gasteiger partial charge in [-0.3, -0.25) is 9.78 Å². The van der Waals surface area contributed by atoms with Crippen LogP contribution < -0.4 is 4.74 Å². The van der Waals surface area contributed by atoms with Crippen molar-refractivity contribution in [1.82, 2.24) is 4.98 Å². The predicted octanol–water partition coefficient (Wildman–Crippen LogP) is 2.36. The van der Waals surface area contributed by atoms with Crippen LogP contribution in [0, 0.1) is 0 Å². The molecule has 1 aromatic rings. The van der Waals surface area contributed by atoms with E-state index in [2.05, 4.69) is 4.98 Å². The molecule has 0 amide bonds. The summed E-state index contributed by atoms with van der Waals surface area (Å²) in [5.74, 6) is 0.360. The highest BCUT2D eigenvalue weighted by atomic mass is 16.5. The van der Waals surface area contributed by atoms with Gasteiger partial charge in [0.05, 0.1) is 12.8 Å². The Bertz CT molecular complexity index is 425. The zero-order chi connectivity index (χ0) is 13.0. The Morgan fingerprint density at radius 1 is 1.44 bits per heavy atom. The van der Waals surface area contributed by atoms with Crippen molar-refractivity contribution in [3.63, 3.8) is 0 Å². The molecule has 0 saturated heterocycles. The van der Waals surface area contributed by atoms with E-state index in [4.69, 9.17) is 4.74 Å². The second-order valence-electron chi connectivity index (χ2n) is 4.83. The van der Waals surface area contributed by atoms with Crippen molar-refractivity contribution >= 4 is 5.78 Å². The second-order valence-corrected chi connectivity index (χ2v) is 4.83. The molecule has 1 heterocycles. The lowest BCUT2D eigenvalue weighted by Gasteiger charge is -2.20. The van der Waals surface area contributed by atoms with Gasteiger partial charge < -0.3 is 9.84 Å². The van der Waals surface area contributed by atoms with Gasteiger partial charge in [-0.1, -0.05) is 6.92 Å². The minimum absolute atomic E-state index is 0.227. The fourth-order valence-electron chi connectivity index (χ4n) is 2.30. The maximum atomic E-state index is 12.2. The number of ether oxygens (including phenoxy) is 1. The van der Waals surface area contributed by atoms with Crippen molar-refractivity contribution in [3.05, 3.63) is 24.0 Å². The van der Waals surface area contributed by atoms with Crippen LogP contribution in [-0.4, -0.2) is 28.1 Å². The van der Waals surface area contributed by atoms with E-state index in [-0.39, 0.29) is 5.78 Å². The molecule has 1 aliphatic rings. The van der Waals surface area contributed by atoms with E-state index in [1.807, 2.05) is 6.92 Å². The van der Waals surface area contributed by atoms with Gasteiger partial charge in [0.25, 0.3) is 0 Å². The summed E-state index contributed by atoms with van der Waals surface area (Å²) in [6, 6.07) is 1.67. The van der Waals surface area contributed by atoms with Gasteiger partial charge in [0.2, 0.25) is 0 Å². The number of carbonyl (C=O) groups is 1. The molecule has 0 bridgehead atoms. The van der Waals surface area contributed by atoms with E-state index < -0.39 is 5.60 Å². The van der Waals surface area contributed by atoms with Gasteiger partial charge in [0.15, 0.2) is 5.78 Å². The fraction of sp³-hybridized carbons (Fsp3) is 0.571. The van der Waals surface area contributed by atoms with Gasteiger partial charge in [-0.25, -0.2) is 0 Å². The molecule has 4 heteroatoms. The van der Waals surface area contributed by atoms with Crippen LogP contribution in [-0.2, 0) is 0 Å². The van der Waals surface area contributed by atoms with Crippen LogP contribution in [0.15, 0.2) is 18.5 Å². The molecule has 0 aliphatic heterocycles. The molecule has 0 aromatic carbocycles. The number of aromatic nitrogens is 1. The van der Waals surface area contributed by atoms with Crippen molar-refractivity contribution in [2.45, 2.75) is 44.6 Å². The van der Waals surface area contributed by atoms with Crippen LogP contribution in [0.1, 0.15) is 49.4 Å². The van der Waals surface area contributed by atoms with E-state index in [0.29, 0.717) is 30.8 Å². The molecule has 1 fully saturated rings. The summed E-state index contributed by atoms with van der Waals surface area (Å²) in [4.78, 5) is 16.3. The van der Waals surface area contributed by atoms with Crippen molar-refractivity contribution in [2.75, 3.05) is 6.61 Å². The molecule has 18 heavy (non-hydrogen) atoms. The average Bonchev–Trinajstić information content (AvgIpc) is 2.84. The number of nitrogens with zero attached hydrogens (tertiary/aromatic N) is 1. The second kappa shape index (κ2) is 5.48. The summed E-state index contributed by atoms with van der Waals surface area (Å²) in [5, 5.41) is 10.3. The fourth-order valence-corrected chi connectivity index (χ4v) is 2.30. The monoisotopic (exact) mass is 249 g/mol. The Balaban J connectivity index is 2.15. The zero-order valence-corrected chi connectivity index (χ0v) is 10.7. The number of hydrogen-bond acceptors (Lipinski definition) is 4. The molecule has 1 N–H and O–H groups in total. The Kier molecular flexibility index (Phi) is 3.97. The van der Waals surface area contributed by atoms with Crippen LogP contribution in [0.4, 0.5) is 0 Å². The predicted molar refractivity (Wildman–Crippen MR) is 67.8 cm³/mol. The van der Waals surface area contributed by atoms with Crippen molar-refractivity contribution in [1.29, 1.82) is 0 Å². The molecule has 1 aromatic heterocycles. The summed E-state index contributed by atoms with van der Waals surface area (Å²) in [5.41, 5.74) is -0.751. The number of rotatable bonds is 5. The quantitative estimate of drug-likeness (QED) is 0.814. The van der Waals surface area contributed by atoms with Crippen molar-refractivity contribution in [3.8, 4) is 5.75 Å². The first-order valence-electron chi connectivity index (χ1n) is 6.51. The van der Waals surface area contributed by atoms with Gasteiger partial charge >= 0.3 is 0 Å². The Hall–Kier alpha value is -1.42. The van der Waals surface area contributed by atoms with E-state index in [0.717, 1.165) is 19.3 Å². The highest BCUT2D eigenvalue weighted by Gasteiger charge is 2.39. The van der Waals surface area contributed by atoms with E-state index >= 15 is 0 Å². The highest BCUT2D eigenvalue weighted by Crippen LogP contribution is 2.32. The summed E-state index contributed by atoms with van der Waals surface area (Å²) >= 11 is 0. The number of aliphatic hydroxyl groups is 1. The molecule has 0 spiro atoms. The Morgan fingerprint density at radius 3 is 2.83 bits per heavy atom. The maximum absolute atomic E-state index is 12.2. The number of ketones is 1. The Labute approximate surface area is 107 Å². The van der Waals surface area contributed by atoms with Crippen LogP contribution in [0.25, 0.3) is 0 Å². The normalized spacial score (nSPS) is 17.7. The molecule has 1 saturated carbocycles. The SMILES string of the molecule is CCCOc1cncc(C(=O)C2(O)CCCC2)c1. The summed E-state index contributed by atoms with van der Waals surface area (Å²) in [7, 11) is 0. The molecular weight excluding hydrogens is 230 g/mol. The first-order chi connectivity index (χ1) is 8.65. The number of Topliss-reactive ketones (excluding diaryl/α,β-unsaturated/α-hetero) is 1. The number of pyridine rings is 1. The lowest BCUT2D eigenvalue weighted by atomic mass is 9.92. The molecule has 1 aliphatic carbocycles. The molecule has 0 unspecified atom stereocenters. The molecular formula is C14H19NO3. The number of carbonyl (C=O) groups excluding carboxylic acids is 1. The van der Waals surface area contributed by atoms with E-state index in [9.17, 15) is 9.90 Å². The molecule has 2 rings (SSSR count). The smallest absolute Gasteiger partial charge is 0.196 e. The molecule has 98 valence electrons.